The third-order valence-electron chi connectivity index (χ3n) is 2.04. The van der Waals surface area contributed by atoms with Gasteiger partial charge in [0.05, 0.1) is 6.61 Å². The summed E-state index contributed by atoms with van der Waals surface area (Å²) in [5.41, 5.74) is 0.663. The molecule has 0 saturated carbocycles. The highest BCUT2D eigenvalue weighted by molar-refractivity contribution is 7.47. The Balaban J connectivity index is 3.11. The maximum Gasteiger partial charge on any atom is 0.218 e. The van der Waals surface area contributed by atoms with Crippen molar-refractivity contribution in [3.05, 3.63) is 29.8 Å². The van der Waals surface area contributed by atoms with Gasteiger partial charge in [0.1, 0.15) is 0 Å². The van der Waals surface area contributed by atoms with Gasteiger partial charge in [0, 0.05) is 17.1 Å². The summed E-state index contributed by atoms with van der Waals surface area (Å²) in [5, 5.41) is 9.42. The fourth-order valence-electron chi connectivity index (χ4n) is 1.28. The number of rotatable bonds is 4. The summed E-state index contributed by atoms with van der Waals surface area (Å²) in [6, 6.07) is 6.77. The van der Waals surface area contributed by atoms with Gasteiger partial charge in [0.25, 0.3) is 0 Å². The van der Waals surface area contributed by atoms with Crippen molar-refractivity contribution in [3.8, 4) is 0 Å². The van der Waals surface area contributed by atoms with Gasteiger partial charge in [0.15, 0.2) is 0 Å². The highest BCUT2D eigenvalue weighted by Crippen LogP contribution is 2.23. The van der Waals surface area contributed by atoms with Gasteiger partial charge in [-0.05, 0) is 11.6 Å². The second kappa shape index (κ2) is 5.52. The van der Waals surface area contributed by atoms with Crippen LogP contribution in [0, 0.1) is 0 Å². The van der Waals surface area contributed by atoms with Crippen molar-refractivity contribution in [1.29, 1.82) is 0 Å². The monoisotopic (exact) mass is 234 g/mol. The minimum Gasteiger partial charge on any atom is -0.396 e. The minimum absolute atomic E-state index is 0.115. The molecule has 14 heavy (non-hydrogen) atoms. The Hall–Kier alpha value is -0.340. The maximum atomic E-state index is 11.0. The van der Waals surface area contributed by atoms with E-state index in [-0.39, 0.29) is 18.4 Å². The Labute approximate surface area is 88.2 Å². The summed E-state index contributed by atoms with van der Waals surface area (Å²) in [4.78, 5) is 9.07. The Morgan fingerprint density at radius 1 is 1.43 bits per heavy atom. The van der Waals surface area contributed by atoms with E-state index in [1.54, 1.807) is 24.3 Å². The van der Waals surface area contributed by atoms with E-state index in [9.17, 15) is 4.57 Å². The second-order valence-corrected chi connectivity index (χ2v) is 4.38. The van der Waals surface area contributed by atoms with E-state index in [1.807, 2.05) is 0 Å². The fraction of sp³-hybridized carbons (Fsp3) is 0.333. The summed E-state index contributed by atoms with van der Waals surface area (Å²) in [5.74, 6) is -0.0307. The fourth-order valence-corrected chi connectivity index (χ4v) is 2.32. The van der Waals surface area contributed by atoms with E-state index in [0.717, 1.165) is 0 Å². The van der Waals surface area contributed by atoms with Crippen LogP contribution in [-0.2, 0) is 4.57 Å². The smallest absolute Gasteiger partial charge is 0.218 e. The molecule has 0 aliphatic carbocycles. The molecule has 1 aromatic carbocycles. The molecule has 0 aromatic heterocycles. The molecule has 2 N–H and O–H groups in total. The van der Waals surface area contributed by atoms with Crippen LogP contribution in [0.5, 0.6) is 0 Å². The van der Waals surface area contributed by atoms with E-state index in [4.69, 9.17) is 21.6 Å². The maximum absolute atomic E-state index is 11.0. The minimum atomic E-state index is -2.73. The summed E-state index contributed by atoms with van der Waals surface area (Å²) < 4.78 is 11.0. The average molecular weight is 235 g/mol. The Morgan fingerprint density at radius 2 is 2.07 bits per heavy atom. The highest BCUT2D eigenvalue weighted by Gasteiger charge is 2.15. The highest BCUT2D eigenvalue weighted by atomic mass is 35.5. The topological polar surface area (TPSA) is 57.5 Å². The molecular formula is C9H12ClO3P. The molecule has 3 nitrogen and oxygen atoms in total. The van der Waals surface area contributed by atoms with Gasteiger partial charge < -0.3 is 10.00 Å². The normalized spacial score (nSPS) is 15.1. The first kappa shape index (κ1) is 11.7. The van der Waals surface area contributed by atoms with E-state index in [2.05, 4.69) is 0 Å². The second-order valence-electron chi connectivity index (χ2n) is 2.93. The molecule has 2 atom stereocenters. The van der Waals surface area contributed by atoms with E-state index < -0.39 is 8.03 Å². The molecule has 0 bridgehead atoms. The van der Waals surface area contributed by atoms with Gasteiger partial charge in [-0.1, -0.05) is 18.2 Å². The lowest BCUT2D eigenvalue weighted by Gasteiger charge is -2.13. The molecule has 0 amide bonds. The Bertz CT molecular complexity index is 326. The van der Waals surface area contributed by atoms with Crippen LogP contribution in [0.4, 0.5) is 0 Å². The zero-order valence-electron chi connectivity index (χ0n) is 7.48. The molecule has 1 rings (SSSR count). The van der Waals surface area contributed by atoms with Crippen LogP contribution in [0.2, 0.25) is 0 Å². The van der Waals surface area contributed by atoms with Crippen LogP contribution in [-0.4, -0.2) is 22.5 Å². The number of hydrogen-bond donors (Lipinski definition) is 2. The van der Waals surface area contributed by atoms with Crippen molar-refractivity contribution < 1.29 is 14.6 Å². The molecule has 78 valence electrons. The van der Waals surface area contributed by atoms with E-state index >= 15 is 0 Å². The van der Waals surface area contributed by atoms with Crippen molar-refractivity contribution in [2.24, 2.45) is 0 Å². The van der Waals surface area contributed by atoms with Gasteiger partial charge in [-0.15, -0.1) is 11.6 Å². The average Bonchev–Trinajstić information content (AvgIpc) is 2.20. The molecule has 1 aromatic rings. The predicted molar refractivity (Wildman–Crippen MR) is 57.8 cm³/mol. The van der Waals surface area contributed by atoms with Gasteiger partial charge in [-0.3, -0.25) is 4.57 Å². The lowest BCUT2D eigenvalue weighted by molar-refractivity contribution is 0.274. The summed E-state index contributed by atoms with van der Waals surface area (Å²) >= 11 is 5.65. The standard InChI is InChI=1S/C9H12ClO3P/c10-5-7(6-11)8-3-1-2-4-9(8)14(12)13/h1-4,7,11,14H,5-6H2,(H,12,13). The van der Waals surface area contributed by atoms with Gasteiger partial charge in [-0.2, -0.15) is 0 Å². The largest absolute Gasteiger partial charge is 0.396 e. The quantitative estimate of drug-likeness (QED) is 0.606. The lowest BCUT2D eigenvalue weighted by atomic mass is 10.0. The number of hydrogen-bond acceptors (Lipinski definition) is 2. The van der Waals surface area contributed by atoms with Crippen LogP contribution in [0.1, 0.15) is 11.5 Å². The van der Waals surface area contributed by atoms with Crippen LogP contribution in [0.25, 0.3) is 0 Å². The molecule has 0 aliphatic heterocycles. The molecule has 0 fully saturated rings. The third kappa shape index (κ3) is 2.58. The molecule has 0 heterocycles. The lowest BCUT2D eigenvalue weighted by Crippen LogP contribution is -2.14. The number of benzene rings is 1. The zero-order valence-corrected chi connectivity index (χ0v) is 9.24. The number of aliphatic hydroxyl groups is 1. The third-order valence-corrected chi connectivity index (χ3v) is 3.33. The van der Waals surface area contributed by atoms with Crippen molar-refractivity contribution >= 4 is 24.9 Å². The molecule has 5 heteroatoms. The van der Waals surface area contributed by atoms with Crippen LogP contribution < -0.4 is 5.30 Å². The SMILES string of the molecule is O=[PH](O)c1ccccc1C(CO)CCl. The van der Waals surface area contributed by atoms with Crippen LogP contribution in [0.15, 0.2) is 24.3 Å². The molecule has 0 spiro atoms. The molecular weight excluding hydrogens is 223 g/mol. The zero-order chi connectivity index (χ0) is 10.6. The molecule has 0 saturated heterocycles. The van der Waals surface area contributed by atoms with E-state index in [0.29, 0.717) is 10.9 Å². The van der Waals surface area contributed by atoms with Crippen LogP contribution >= 0.6 is 19.6 Å². The van der Waals surface area contributed by atoms with E-state index in [1.165, 1.54) is 0 Å². The molecule has 0 radical (unpaired) electrons. The first-order chi connectivity index (χ1) is 6.70. The predicted octanol–water partition coefficient (Wildman–Crippen LogP) is 1.09. The first-order valence-corrected chi connectivity index (χ1v) is 6.08. The van der Waals surface area contributed by atoms with Crippen LogP contribution in [0.3, 0.4) is 0 Å². The summed E-state index contributed by atoms with van der Waals surface area (Å²) in [6.45, 7) is -0.115. The van der Waals surface area contributed by atoms with Gasteiger partial charge >= 0.3 is 0 Å². The number of halogens is 1. The van der Waals surface area contributed by atoms with Gasteiger partial charge in [0.2, 0.25) is 8.03 Å². The van der Waals surface area contributed by atoms with Crippen molar-refractivity contribution in [2.45, 2.75) is 5.92 Å². The first-order valence-electron chi connectivity index (χ1n) is 4.19. The molecule has 0 aliphatic rings. The Kier molecular flexibility index (Phi) is 4.63. The van der Waals surface area contributed by atoms with Crippen molar-refractivity contribution in [1.82, 2.24) is 0 Å². The Morgan fingerprint density at radius 3 is 2.57 bits per heavy atom. The van der Waals surface area contributed by atoms with Crippen molar-refractivity contribution in [2.75, 3.05) is 12.5 Å². The van der Waals surface area contributed by atoms with Crippen molar-refractivity contribution in [3.63, 3.8) is 0 Å². The molecule has 2 unspecified atom stereocenters. The number of alkyl halides is 1. The van der Waals surface area contributed by atoms with Gasteiger partial charge in [-0.25, -0.2) is 0 Å². The summed E-state index contributed by atoms with van der Waals surface area (Å²) in [6.07, 6.45) is 0. The number of aliphatic hydroxyl groups excluding tert-OH is 1. The summed E-state index contributed by atoms with van der Waals surface area (Å²) in [7, 11) is -2.73.